The number of aromatic amines is 1. The predicted molar refractivity (Wildman–Crippen MR) is 64.8 cm³/mol. The molecule has 0 aliphatic rings. The highest BCUT2D eigenvalue weighted by Crippen LogP contribution is 1.99. The zero-order chi connectivity index (χ0) is 10.7. The number of rotatable bonds is 1. The topological polar surface area (TPSA) is 28.7 Å². The highest BCUT2D eigenvalue weighted by Gasteiger charge is 1.98. The van der Waals surface area contributed by atoms with Crippen molar-refractivity contribution >= 4 is 23.2 Å². The van der Waals surface area contributed by atoms with Gasteiger partial charge in [0, 0.05) is 16.8 Å². The second-order valence-corrected chi connectivity index (χ2v) is 3.33. The molecular formula is C13H14N2. The maximum Gasteiger partial charge on any atom is 0.0957 e. The van der Waals surface area contributed by atoms with E-state index in [1.54, 1.807) is 0 Å². The molecule has 0 saturated heterocycles. The number of nitrogens with one attached hydrogen (secondary N) is 1. The molecule has 0 saturated carbocycles. The molecule has 2 heteroatoms. The lowest BCUT2D eigenvalue weighted by molar-refractivity contribution is 1.35. The van der Waals surface area contributed by atoms with E-state index in [1.165, 1.54) is 0 Å². The van der Waals surface area contributed by atoms with E-state index in [9.17, 15) is 0 Å². The smallest absolute Gasteiger partial charge is 0.0957 e. The van der Waals surface area contributed by atoms with E-state index in [4.69, 9.17) is 0 Å². The van der Waals surface area contributed by atoms with Crippen molar-refractivity contribution < 1.29 is 0 Å². The largest absolute Gasteiger partial charge is 0.353 e. The van der Waals surface area contributed by atoms with Crippen molar-refractivity contribution in [1.29, 1.82) is 0 Å². The van der Waals surface area contributed by atoms with Crippen molar-refractivity contribution in [2.24, 2.45) is 0 Å². The van der Waals surface area contributed by atoms with Crippen LogP contribution in [0.3, 0.4) is 0 Å². The fourth-order valence-corrected chi connectivity index (χ4v) is 1.65. The molecule has 0 spiro atoms. The first kappa shape index (κ1) is 9.71. The lowest BCUT2D eigenvalue weighted by Crippen LogP contribution is -2.22. The maximum absolute atomic E-state index is 4.39. The Bertz CT molecular complexity index is 603. The number of allylic oxidation sites excluding steroid dienone is 2. The number of pyridine rings is 1. The van der Waals surface area contributed by atoms with Gasteiger partial charge in [0.25, 0.3) is 0 Å². The van der Waals surface area contributed by atoms with Crippen LogP contribution in [0, 0.1) is 0 Å². The van der Waals surface area contributed by atoms with Crippen LogP contribution in [0.4, 0.5) is 0 Å². The van der Waals surface area contributed by atoms with Crippen molar-refractivity contribution in [1.82, 2.24) is 9.97 Å². The molecular weight excluding hydrogens is 184 g/mol. The van der Waals surface area contributed by atoms with Crippen LogP contribution in [0.1, 0.15) is 13.8 Å². The zero-order valence-corrected chi connectivity index (χ0v) is 8.99. The van der Waals surface area contributed by atoms with Gasteiger partial charge < -0.3 is 4.98 Å². The van der Waals surface area contributed by atoms with Gasteiger partial charge in [-0.1, -0.05) is 24.3 Å². The van der Waals surface area contributed by atoms with Gasteiger partial charge in [-0.05, 0) is 26.0 Å². The fraction of sp³-hybridized carbons (Fsp3) is 0.154. The average molecular weight is 198 g/mol. The van der Waals surface area contributed by atoms with Crippen LogP contribution in [0.2, 0.25) is 0 Å². The summed E-state index contributed by atoms with van der Waals surface area (Å²) >= 11 is 0. The molecule has 0 amide bonds. The van der Waals surface area contributed by atoms with E-state index < -0.39 is 0 Å². The Morgan fingerprint density at radius 2 is 2.20 bits per heavy atom. The van der Waals surface area contributed by atoms with Gasteiger partial charge in [0.05, 0.1) is 11.0 Å². The van der Waals surface area contributed by atoms with Gasteiger partial charge in [0.2, 0.25) is 0 Å². The van der Waals surface area contributed by atoms with E-state index >= 15 is 0 Å². The molecule has 0 fully saturated rings. The SMILES string of the molecule is C\C=C/C=c1\c(=C/C)[nH]c2cccnc12. The molecule has 2 aromatic heterocycles. The van der Waals surface area contributed by atoms with Crippen LogP contribution >= 0.6 is 0 Å². The number of hydrogen-bond donors (Lipinski definition) is 1. The number of nitrogens with zero attached hydrogens (tertiary/aromatic N) is 1. The van der Waals surface area contributed by atoms with Crippen LogP contribution < -0.4 is 10.6 Å². The van der Waals surface area contributed by atoms with Gasteiger partial charge in [-0.2, -0.15) is 0 Å². The highest BCUT2D eigenvalue weighted by atomic mass is 14.8. The molecule has 2 aromatic rings. The summed E-state index contributed by atoms with van der Waals surface area (Å²) in [6, 6.07) is 3.99. The maximum atomic E-state index is 4.39. The van der Waals surface area contributed by atoms with Crippen LogP contribution in [0.5, 0.6) is 0 Å². The molecule has 0 bridgehead atoms. The molecule has 2 nitrogen and oxygen atoms in total. The monoisotopic (exact) mass is 198 g/mol. The quantitative estimate of drug-likeness (QED) is 0.742. The van der Waals surface area contributed by atoms with Gasteiger partial charge in [0.15, 0.2) is 0 Å². The molecule has 76 valence electrons. The van der Waals surface area contributed by atoms with E-state index in [0.29, 0.717) is 0 Å². The lowest BCUT2D eigenvalue weighted by atomic mass is 10.3. The molecule has 2 heterocycles. The van der Waals surface area contributed by atoms with Gasteiger partial charge in [-0.15, -0.1) is 0 Å². The van der Waals surface area contributed by atoms with E-state index in [0.717, 1.165) is 21.6 Å². The molecule has 0 aliphatic carbocycles. The van der Waals surface area contributed by atoms with Crippen molar-refractivity contribution in [3.63, 3.8) is 0 Å². The molecule has 2 rings (SSSR count). The van der Waals surface area contributed by atoms with Crippen LogP contribution in [0.15, 0.2) is 30.5 Å². The van der Waals surface area contributed by atoms with Crippen molar-refractivity contribution in [2.45, 2.75) is 13.8 Å². The standard InChI is InChI=1S/C13H14N2/c1-3-5-7-10-11(4-2)15-12-8-6-9-14-13(10)12/h3-9,15H,1-2H3/b5-3-,10-7+,11-4+. The first-order valence-corrected chi connectivity index (χ1v) is 5.09. The molecule has 0 aliphatic heterocycles. The van der Waals surface area contributed by atoms with Crippen molar-refractivity contribution in [3.8, 4) is 0 Å². The van der Waals surface area contributed by atoms with Crippen LogP contribution in [-0.2, 0) is 0 Å². The fourth-order valence-electron chi connectivity index (χ4n) is 1.65. The Morgan fingerprint density at radius 3 is 2.93 bits per heavy atom. The zero-order valence-electron chi connectivity index (χ0n) is 8.99. The van der Waals surface area contributed by atoms with Gasteiger partial charge in [-0.3, -0.25) is 4.98 Å². The summed E-state index contributed by atoms with van der Waals surface area (Å²) in [4.78, 5) is 7.73. The first-order chi connectivity index (χ1) is 7.36. The van der Waals surface area contributed by atoms with Crippen LogP contribution in [-0.4, -0.2) is 9.97 Å². The third-order valence-corrected chi connectivity index (χ3v) is 2.37. The number of aromatic nitrogens is 2. The minimum absolute atomic E-state index is 1.03. The molecule has 0 radical (unpaired) electrons. The first-order valence-electron chi connectivity index (χ1n) is 5.09. The Hall–Kier alpha value is -1.83. The molecule has 1 N–H and O–H groups in total. The molecule has 15 heavy (non-hydrogen) atoms. The Morgan fingerprint density at radius 1 is 1.33 bits per heavy atom. The van der Waals surface area contributed by atoms with Gasteiger partial charge in [0.1, 0.15) is 0 Å². The normalized spacial score (nSPS) is 14.5. The highest BCUT2D eigenvalue weighted by molar-refractivity contribution is 5.77. The van der Waals surface area contributed by atoms with Gasteiger partial charge >= 0.3 is 0 Å². The van der Waals surface area contributed by atoms with Crippen LogP contribution in [0.25, 0.3) is 23.2 Å². The molecule has 0 unspecified atom stereocenters. The van der Waals surface area contributed by atoms with Gasteiger partial charge in [-0.25, -0.2) is 0 Å². The molecule has 0 aromatic carbocycles. The van der Waals surface area contributed by atoms with Crippen molar-refractivity contribution in [3.05, 3.63) is 41.0 Å². The minimum Gasteiger partial charge on any atom is -0.353 e. The Labute approximate surface area is 88.7 Å². The summed E-state index contributed by atoms with van der Waals surface area (Å²) in [5.41, 5.74) is 2.12. The summed E-state index contributed by atoms with van der Waals surface area (Å²) < 4.78 is 0. The van der Waals surface area contributed by atoms with E-state index in [-0.39, 0.29) is 0 Å². The molecule has 0 atom stereocenters. The minimum atomic E-state index is 1.03. The summed E-state index contributed by atoms with van der Waals surface area (Å²) in [5, 5.41) is 2.29. The second-order valence-electron chi connectivity index (χ2n) is 3.33. The summed E-state index contributed by atoms with van der Waals surface area (Å²) in [6.45, 7) is 4.03. The third-order valence-electron chi connectivity index (χ3n) is 2.37. The second kappa shape index (κ2) is 4.13. The van der Waals surface area contributed by atoms with Crippen molar-refractivity contribution in [2.75, 3.05) is 0 Å². The number of fused-ring (bicyclic) bond motifs is 1. The Balaban J connectivity index is 2.91. The average Bonchev–Trinajstić information content (AvgIpc) is 2.64. The number of hydrogen-bond acceptors (Lipinski definition) is 1. The summed E-state index contributed by atoms with van der Waals surface area (Å²) in [5.74, 6) is 0. The summed E-state index contributed by atoms with van der Waals surface area (Å²) in [6.07, 6.45) is 10.0. The number of H-pyrrole nitrogens is 1. The predicted octanol–water partition coefficient (Wildman–Crippen LogP) is 1.72. The van der Waals surface area contributed by atoms with E-state index in [2.05, 4.69) is 22.1 Å². The lowest BCUT2D eigenvalue weighted by Gasteiger charge is -1.84. The third kappa shape index (κ3) is 1.71. The summed E-state index contributed by atoms with van der Waals surface area (Å²) in [7, 11) is 0. The Kier molecular flexibility index (Phi) is 2.68. The van der Waals surface area contributed by atoms with E-state index in [1.807, 2.05) is 44.3 Å².